The second-order valence-electron chi connectivity index (χ2n) is 15.9. The third-order valence-corrected chi connectivity index (χ3v) is 70.8. The molecule has 0 saturated carbocycles. The quantitative estimate of drug-likeness (QED) is 0.113. The Morgan fingerprint density at radius 2 is 0.717 bits per heavy atom. The molecule has 0 radical (unpaired) electrons. The van der Waals surface area contributed by atoms with Crippen LogP contribution in [0.15, 0.2) is 0 Å². The van der Waals surface area contributed by atoms with Gasteiger partial charge in [0, 0.05) is 39.3 Å². The molecular formula is C12H42O31Si17. The monoisotopic (exact) mass is 1160 g/mol. The Hall–Kier alpha value is 2.45. The third kappa shape index (κ3) is 9.31. The van der Waals surface area contributed by atoms with Crippen LogP contribution < -0.4 is 0 Å². The maximum absolute atomic E-state index is 12.8. The van der Waals surface area contributed by atoms with Gasteiger partial charge in [0.15, 0.2) is 0 Å². The molecule has 0 aromatic rings. The van der Waals surface area contributed by atoms with Gasteiger partial charge in [0.1, 0.15) is 0 Å². The zero-order chi connectivity index (χ0) is 44.0. The zero-order valence-electron chi connectivity index (χ0n) is 33.4. The maximum atomic E-state index is 12.8. The van der Waals surface area contributed by atoms with Crippen molar-refractivity contribution in [3.63, 3.8) is 0 Å². The molecular weight excluding hydrogens is 1120 g/mol. The molecule has 60 heavy (non-hydrogen) atoms. The van der Waals surface area contributed by atoms with E-state index >= 15 is 0 Å². The molecule has 11 atom stereocenters. The first-order chi connectivity index (χ1) is 26.9. The molecule has 5 N–H and O–H groups in total. The van der Waals surface area contributed by atoms with E-state index in [1.807, 2.05) is 0 Å². The molecule has 48 heteroatoms. The highest BCUT2D eigenvalue weighted by Gasteiger charge is 2.89. The van der Waals surface area contributed by atoms with E-state index in [9.17, 15) is 24.0 Å². The standard InChI is InChI=1S/C12H42O31Si17/c1-45(2)20-44(13)21-57-27-48(7,14)22-46(3,4)24-51(10)28-49(8)18-19-56(32-51)25-47(5,6)26-58(41-56)34-53(12,33-57)30-50(9,23-45)31-55(17,39-57)40-60(42-58)38-54(15,16)37-59(43-60)35-52(11,29-49)36-59/h13-17,44H,1-12H3. The van der Waals surface area contributed by atoms with Crippen molar-refractivity contribution < 1.29 is 132 Å². The lowest BCUT2D eigenvalue weighted by Gasteiger charge is -2.57. The van der Waals surface area contributed by atoms with Gasteiger partial charge in [-0.05, 0) is 39.3 Å². The number of fused-ring (bicyclic) bond motifs is 5. The summed E-state index contributed by atoms with van der Waals surface area (Å²) in [6.07, 6.45) is 0. The average Bonchev–Trinajstić information content (AvgIpc) is 2.95. The Kier molecular flexibility index (Phi) is 10.9. The second kappa shape index (κ2) is 13.8. The number of hydrogen-bond donors (Lipinski definition) is 5. The van der Waals surface area contributed by atoms with Crippen LogP contribution in [0.2, 0.25) is 78.6 Å². The molecule has 344 valence electrons. The lowest BCUT2D eigenvalue weighted by Crippen LogP contribution is -2.89. The predicted octanol–water partition coefficient (Wildman–Crippen LogP) is -4.30. The second-order valence-corrected chi connectivity index (χ2v) is 62.7. The topological polar surface area (TPSA) is 341 Å². The SMILES string of the molecule is C[Si]1(C)O[SiH](O)O[Si]23O[Si](C)(O)O[Si](C)(C)O[Si]4(C)O[Si]5(C)OO[Si]6(O[Si](C)(C)O[Si]7(O[Si](C)(O[Si](C)(O1)O[Si](O)(O2)O[Si]1(O[Si](O)(O)O[Si]2(O[Si](C)(O5)O2)O1)O7)O3)O6)O4. The van der Waals surface area contributed by atoms with Crippen LogP contribution >= 0.6 is 0 Å². The van der Waals surface area contributed by atoms with Gasteiger partial charge in [-0.15, -0.1) is 0 Å². The highest BCUT2D eigenvalue weighted by atomic mass is 28.7. The normalized spacial score (nSPS) is 57.9. The van der Waals surface area contributed by atoms with Crippen molar-refractivity contribution in [1.82, 2.24) is 0 Å². The molecule has 11 bridgehead atoms. The van der Waals surface area contributed by atoms with E-state index in [1.165, 1.54) is 72.0 Å². The fourth-order valence-electron chi connectivity index (χ4n) is 7.24. The molecule has 31 nitrogen and oxygen atoms in total. The molecule has 0 aromatic heterocycles. The lowest BCUT2D eigenvalue weighted by atomic mass is 11.9. The molecule has 5 spiro atoms. The van der Waals surface area contributed by atoms with Crippen molar-refractivity contribution in [2.24, 2.45) is 0 Å². The molecule has 12 aliphatic heterocycles. The summed E-state index contributed by atoms with van der Waals surface area (Å²) in [5.41, 5.74) is 0. The van der Waals surface area contributed by atoms with Gasteiger partial charge in [0.05, 0.1) is 0 Å². The molecule has 0 amide bonds. The van der Waals surface area contributed by atoms with Crippen LogP contribution in [0.3, 0.4) is 0 Å². The maximum Gasteiger partial charge on any atom is 0.684 e. The smallest absolute Gasteiger partial charge is 0.397 e. The molecule has 12 heterocycles. The van der Waals surface area contributed by atoms with Crippen molar-refractivity contribution >= 4 is 151 Å². The van der Waals surface area contributed by atoms with E-state index in [4.69, 9.17) is 108 Å². The van der Waals surface area contributed by atoms with Gasteiger partial charge in [0.2, 0.25) is 0 Å². The van der Waals surface area contributed by atoms with Crippen molar-refractivity contribution in [3.8, 4) is 0 Å². The first kappa shape index (κ1) is 47.5. The van der Waals surface area contributed by atoms with Gasteiger partial charge in [-0.1, -0.05) is 0 Å². The van der Waals surface area contributed by atoms with Crippen LogP contribution in [0.4, 0.5) is 0 Å². The summed E-state index contributed by atoms with van der Waals surface area (Å²) in [5.74, 6) is 0. The van der Waals surface area contributed by atoms with Crippen LogP contribution in [0, 0.1) is 0 Å². The van der Waals surface area contributed by atoms with E-state index in [0.29, 0.717) is 0 Å². The van der Waals surface area contributed by atoms with Crippen molar-refractivity contribution in [2.75, 3.05) is 0 Å². The highest BCUT2D eigenvalue weighted by Crippen LogP contribution is 2.51. The minimum atomic E-state index is -5.99. The first-order valence-corrected chi connectivity index (χ1v) is 52.4. The molecule has 12 fully saturated rings. The molecule has 0 aliphatic carbocycles. The van der Waals surface area contributed by atoms with Crippen LogP contribution in [-0.2, 0) is 108 Å². The third-order valence-electron chi connectivity index (χ3n) is 8.03. The van der Waals surface area contributed by atoms with Crippen LogP contribution in [0.1, 0.15) is 0 Å². The van der Waals surface area contributed by atoms with Gasteiger partial charge in [-0.3, -0.25) is 0 Å². The number of hydrogen-bond acceptors (Lipinski definition) is 31. The minimum Gasteiger partial charge on any atom is -0.397 e. The molecule has 12 rings (SSSR count). The summed E-state index contributed by atoms with van der Waals surface area (Å²) < 4.78 is 163. The van der Waals surface area contributed by atoms with Gasteiger partial charge in [0.25, 0.3) is 0 Å². The van der Waals surface area contributed by atoms with E-state index in [-0.39, 0.29) is 0 Å². The molecule has 12 aliphatic rings. The van der Waals surface area contributed by atoms with Crippen LogP contribution in [0.25, 0.3) is 0 Å². The summed E-state index contributed by atoms with van der Waals surface area (Å²) in [6.45, 7) is 16.8. The summed E-state index contributed by atoms with van der Waals surface area (Å²) in [4.78, 5) is 59.4. The van der Waals surface area contributed by atoms with Gasteiger partial charge in [-0.25, -0.2) is 9.15 Å². The minimum absolute atomic E-state index is 1.12. The van der Waals surface area contributed by atoms with Crippen molar-refractivity contribution in [1.29, 1.82) is 0 Å². The Balaban J connectivity index is 1.38. The van der Waals surface area contributed by atoms with Crippen molar-refractivity contribution in [2.45, 2.75) is 78.6 Å². The fourth-order valence-corrected chi connectivity index (χ4v) is 83.1. The Bertz CT molecular complexity index is 1800. The summed E-state index contributed by atoms with van der Waals surface area (Å²) in [6, 6.07) is 0. The molecule has 11 unspecified atom stereocenters. The van der Waals surface area contributed by atoms with Gasteiger partial charge in [-0.2, -0.15) is 0 Å². The molecule has 12 saturated heterocycles. The Labute approximate surface area is 359 Å². The van der Waals surface area contributed by atoms with Gasteiger partial charge < -0.3 is 123 Å². The largest absolute Gasteiger partial charge is 0.684 e. The van der Waals surface area contributed by atoms with Crippen molar-refractivity contribution in [3.05, 3.63) is 0 Å². The van der Waals surface area contributed by atoms with E-state index in [1.54, 1.807) is 0 Å². The average molecular weight is 1160 g/mol. The summed E-state index contributed by atoms with van der Waals surface area (Å²) in [7, 11) is -82.4. The number of rotatable bonds is 0. The Morgan fingerprint density at radius 1 is 0.300 bits per heavy atom. The zero-order valence-corrected chi connectivity index (χ0v) is 50.6. The van der Waals surface area contributed by atoms with Crippen LogP contribution in [-0.4, -0.2) is 175 Å². The van der Waals surface area contributed by atoms with Crippen LogP contribution in [0.5, 0.6) is 0 Å². The lowest BCUT2D eigenvalue weighted by molar-refractivity contribution is -0.207. The fraction of sp³-hybridized carbons (Fsp3) is 1.00. The van der Waals surface area contributed by atoms with E-state index in [0.717, 1.165) is 6.55 Å². The van der Waals surface area contributed by atoms with E-state index in [2.05, 4.69) is 0 Å². The molecule has 0 aromatic carbocycles. The predicted molar refractivity (Wildman–Crippen MR) is 209 cm³/mol. The van der Waals surface area contributed by atoms with Gasteiger partial charge >= 0.3 is 151 Å². The summed E-state index contributed by atoms with van der Waals surface area (Å²) >= 11 is 0. The highest BCUT2D eigenvalue weighted by molar-refractivity contribution is 7.02. The first-order valence-electron chi connectivity index (χ1n) is 17.6. The van der Waals surface area contributed by atoms with E-state index < -0.39 is 151 Å². The summed E-state index contributed by atoms with van der Waals surface area (Å²) in [5, 5.41) is 0. The Morgan fingerprint density at radius 3 is 1.33 bits per heavy atom.